The van der Waals surface area contributed by atoms with Crippen LogP contribution in [-0.4, -0.2) is 54.9 Å². The molecule has 1 aliphatic heterocycles. The van der Waals surface area contributed by atoms with Gasteiger partial charge in [-0.3, -0.25) is 19.7 Å². The van der Waals surface area contributed by atoms with Crippen LogP contribution in [0.3, 0.4) is 0 Å². The van der Waals surface area contributed by atoms with E-state index >= 15 is 0 Å². The van der Waals surface area contributed by atoms with Crippen LogP contribution in [0, 0.1) is 15.9 Å². The number of hydrogen-bond acceptors (Lipinski definition) is 5. The average molecular weight is 421 g/mol. The van der Waals surface area contributed by atoms with E-state index in [0.717, 1.165) is 6.07 Å². The maximum absolute atomic E-state index is 14.0. The topological polar surface area (TPSA) is 95.8 Å². The van der Waals surface area contributed by atoms with Crippen LogP contribution in [-0.2, 0) is 0 Å². The Kier molecular flexibility index (Phi) is 5.97. The first-order chi connectivity index (χ1) is 13.8. The number of nitro groups is 1. The molecule has 3 rings (SSSR count). The Morgan fingerprint density at radius 2 is 1.79 bits per heavy atom. The highest BCUT2D eigenvalue weighted by molar-refractivity contribution is 6.30. The van der Waals surface area contributed by atoms with Gasteiger partial charge < -0.3 is 15.1 Å². The summed E-state index contributed by atoms with van der Waals surface area (Å²) in [4.78, 5) is 38.7. The van der Waals surface area contributed by atoms with Gasteiger partial charge in [0.15, 0.2) is 0 Å². The molecule has 0 atom stereocenters. The van der Waals surface area contributed by atoms with E-state index in [4.69, 9.17) is 11.6 Å². The van der Waals surface area contributed by atoms with Crippen LogP contribution >= 0.6 is 11.6 Å². The van der Waals surface area contributed by atoms with Crippen molar-refractivity contribution in [3.63, 3.8) is 0 Å². The molecule has 1 fully saturated rings. The number of anilines is 1. The normalized spacial score (nSPS) is 13.9. The lowest BCUT2D eigenvalue weighted by molar-refractivity contribution is -0.384. The second-order valence-corrected chi connectivity index (χ2v) is 6.88. The molecule has 1 N–H and O–H groups in total. The standard InChI is InChI=1S/C19H18ClFN4O4/c1-22-18(26)15-11-13(25(28)29)3-5-17(15)23-6-8-24(9-7-23)19(27)14-4-2-12(20)10-16(14)21/h2-5,10-11H,6-9H2,1H3,(H,22,26). The second-order valence-electron chi connectivity index (χ2n) is 6.44. The molecule has 2 aromatic rings. The van der Waals surface area contributed by atoms with Crippen molar-refractivity contribution in [2.75, 3.05) is 38.1 Å². The first-order valence-corrected chi connectivity index (χ1v) is 9.19. The second kappa shape index (κ2) is 8.44. The van der Waals surface area contributed by atoms with E-state index in [9.17, 15) is 24.1 Å². The van der Waals surface area contributed by atoms with Crippen LogP contribution in [0.15, 0.2) is 36.4 Å². The third-order valence-corrected chi connectivity index (χ3v) is 4.97. The molecule has 0 spiro atoms. The molecule has 29 heavy (non-hydrogen) atoms. The van der Waals surface area contributed by atoms with Crippen molar-refractivity contribution < 1.29 is 18.9 Å². The van der Waals surface area contributed by atoms with Crippen LogP contribution in [0.2, 0.25) is 5.02 Å². The zero-order chi connectivity index (χ0) is 21.1. The summed E-state index contributed by atoms with van der Waals surface area (Å²) in [6.07, 6.45) is 0. The third kappa shape index (κ3) is 4.29. The number of carbonyl (C=O) groups is 2. The Hall–Kier alpha value is -3.20. The molecule has 1 heterocycles. The maximum atomic E-state index is 14.0. The van der Waals surface area contributed by atoms with Gasteiger partial charge in [0.25, 0.3) is 17.5 Å². The number of nitrogens with one attached hydrogen (secondary N) is 1. The lowest BCUT2D eigenvalue weighted by Gasteiger charge is -2.36. The molecule has 0 radical (unpaired) electrons. The number of amides is 2. The van der Waals surface area contributed by atoms with Crippen molar-refractivity contribution in [3.8, 4) is 0 Å². The van der Waals surface area contributed by atoms with Gasteiger partial charge in [0.05, 0.1) is 21.7 Å². The molecule has 0 aliphatic carbocycles. The summed E-state index contributed by atoms with van der Waals surface area (Å²) in [5.74, 6) is -1.55. The molecule has 0 unspecified atom stereocenters. The Balaban J connectivity index is 1.77. The predicted molar refractivity (Wildman–Crippen MR) is 106 cm³/mol. The number of benzene rings is 2. The summed E-state index contributed by atoms with van der Waals surface area (Å²) in [6, 6.07) is 8.00. The van der Waals surface area contributed by atoms with Gasteiger partial charge in [0.2, 0.25) is 0 Å². The molecule has 0 saturated carbocycles. The van der Waals surface area contributed by atoms with Crippen molar-refractivity contribution in [2.24, 2.45) is 0 Å². The Labute approximate surface area is 171 Å². The van der Waals surface area contributed by atoms with Gasteiger partial charge in [-0.15, -0.1) is 0 Å². The fraction of sp³-hybridized carbons (Fsp3) is 0.263. The molecule has 8 nitrogen and oxygen atoms in total. The minimum absolute atomic E-state index is 0.0516. The maximum Gasteiger partial charge on any atom is 0.270 e. The zero-order valence-electron chi connectivity index (χ0n) is 15.5. The van der Waals surface area contributed by atoms with Crippen molar-refractivity contribution in [1.29, 1.82) is 0 Å². The summed E-state index contributed by atoms with van der Waals surface area (Å²) >= 11 is 5.73. The SMILES string of the molecule is CNC(=O)c1cc([N+](=O)[O-])ccc1N1CCN(C(=O)c2ccc(Cl)cc2F)CC1. The van der Waals surface area contributed by atoms with Crippen molar-refractivity contribution >= 4 is 34.8 Å². The molecule has 10 heteroatoms. The lowest BCUT2D eigenvalue weighted by atomic mass is 10.1. The van der Waals surface area contributed by atoms with Gasteiger partial charge >= 0.3 is 0 Å². The van der Waals surface area contributed by atoms with Gasteiger partial charge in [0.1, 0.15) is 5.82 Å². The van der Waals surface area contributed by atoms with Gasteiger partial charge in [-0.1, -0.05) is 11.6 Å². The largest absolute Gasteiger partial charge is 0.367 e. The molecule has 2 amide bonds. The van der Waals surface area contributed by atoms with Gasteiger partial charge in [-0.25, -0.2) is 4.39 Å². The number of halogens is 2. The minimum Gasteiger partial charge on any atom is -0.367 e. The Bertz CT molecular complexity index is 977. The Morgan fingerprint density at radius 1 is 1.10 bits per heavy atom. The summed E-state index contributed by atoms with van der Waals surface area (Å²) in [5.41, 5.74) is 0.494. The number of nitro benzene ring substituents is 1. The fourth-order valence-corrected chi connectivity index (χ4v) is 3.37. The van der Waals surface area contributed by atoms with E-state index in [1.165, 1.54) is 42.3 Å². The first-order valence-electron chi connectivity index (χ1n) is 8.81. The van der Waals surface area contributed by atoms with Crippen molar-refractivity contribution in [3.05, 3.63) is 68.5 Å². The number of carbonyl (C=O) groups excluding carboxylic acids is 2. The molecule has 152 valence electrons. The number of non-ortho nitro benzene ring substituents is 1. The number of rotatable bonds is 4. The molecular formula is C19H18ClFN4O4. The minimum atomic E-state index is -0.679. The van der Waals surface area contributed by atoms with E-state index in [0.29, 0.717) is 31.9 Å². The van der Waals surface area contributed by atoms with E-state index in [-0.39, 0.29) is 21.8 Å². The smallest absolute Gasteiger partial charge is 0.270 e. The number of nitrogens with zero attached hydrogens (tertiary/aromatic N) is 3. The van der Waals surface area contributed by atoms with E-state index in [1.807, 2.05) is 4.90 Å². The van der Waals surface area contributed by atoms with Crippen LogP contribution < -0.4 is 10.2 Å². The summed E-state index contributed by atoms with van der Waals surface area (Å²) in [7, 11) is 1.45. The van der Waals surface area contributed by atoms with E-state index in [2.05, 4.69) is 5.32 Å². The molecule has 0 bridgehead atoms. The fourth-order valence-electron chi connectivity index (χ4n) is 3.21. The average Bonchev–Trinajstić information content (AvgIpc) is 2.72. The van der Waals surface area contributed by atoms with Gasteiger partial charge in [-0.2, -0.15) is 0 Å². The first kappa shape index (κ1) is 20.5. The third-order valence-electron chi connectivity index (χ3n) is 4.73. The molecule has 1 aliphatic rings. The van der Waals surface area contributed by atoms with Crippen LogP contribution in [0.25, 0.3) is 0 Å². The summed E-state index contributed by atoms with van der Waals surface area (Å²) in [6.45, 7) is 1.40. The van der Waals surface area contributed by atoms with Crippen LogP contribution in [0.5, 0.6) is 0 Å². The van der Waals surface area contributed by atoms with Crippen molar-refractivity contribution in [2.45, 2.75) is 0 Å². The van der Waals surface area contributed by atoms with E-state index in [1.54, 1.807) is 0 Å². The number of hydrogen-bond donors (Lipinski definition) is 1. The van der Waals surface area contributed by atoms with Gasteiger partial charge in [-0.05, 0) is 24.3 Å². The van der Waals surface area contributed by atoms with Crippen LogP contribution in [0.4, 0.5) is 15.8 Å². The summed E-state index contributed by atoms with van der Waals surface area (Å²) < 4.78 is 14.0. The van der Waals surface area contributed by atoms with Gasteiger partial charge in [0, 0.05) is 50.4 Å². The molecule has 0 aromatic heterocycles. The number of piperazine rings is 1. The van der Waals surface area contributed by atoms with Crippen LogP contribution in [0.1, 0.15) is 20.7 Å². The van der Waals surface area contributed by atoms with Crippen molar-refractivity contribution in [1.82, 2.24) is 10.2 Å². The Morgan fingerprint density at radius 3 is 2.38 bits per heavy atom. The van der Waals surface area contributed by atoms with E-state index < -0.39 is 22.6 Å². The quantitative estimate of drug-likeness (QED) is 0.606. The lowest BCUT2D eigenvalue weighted by Crippen LogP contribution is -2.49. The summed E-state index contributed by atoms with van der Waals surface area (Å²) in [5, 5.41) is 13.7. The zero-order valence-corrected chi connectivity index (χ0v) is 16.3. The highest BCUT2D eigenvalue weighted by Crippen LogP contribution is 2.27. The molecular weight excluding hydrogens is 403 g/mol. The molecule has 2 aromatic carbocycles. The molecule has 1 saturated heterocycles. The highest BCUT2D eigenvalue weighted by atomic mass is 35.5. The highest BCUT2D eigenvalue weighted by Gasteiger charge is 2.27. The monoisotopic (exact) mass is 420 g/mol. The predicted octanol–water partition coefficient (Wildman–Crippen LogP) is 2.71.